The van der Waals surface area contributed by atoms with Crippen LogP contribution in [0.15, 0.2) is 24.3 Å². The van der Waals surface area contributed by atoms with Crippen LogP contribution in [0.3, 0.4) is 0 Å². The second-order valence-electron chi connectivity index (χ2n) is 2.92. The highest BCUT2D eigenvalue weighted by molar-refractivity contribution is 6.34. The molecule has 2 rings (SSSR count). The van der Waals surface area contributed by atoms with E-state index in [0.717, 1.165) is 10.9 Å². The van der Waals surface area contributed by atoms with Gasteiger partial charge in [-0.2, -0.15) is 0 Å². The van der Waals surface area contributed by atoms with Crippen molar-refractivity contribution in [3.63, 3.8) is 0 Å². The van der Waals surface area contributed by atoms with Crippen LogP contribution in [-0.2, 0) is 6.42 Å². The van der Waals surface area contributed by atoms with Crippen LogP contribution in [0.2, 0.25) is 5.15 Å². The van der Waals surface area contributed by atoms with E-state index >= 15 is 0 Å². The van der Waals surface area contributed by atoms with E-state index in [1.807, 2.05) is 24.3 Å². The summed E-state index contributed by atoms with van der Waals surface area (Å²) >= 11 is 5.97. The molecule has 0 radical (unpaired) electrons. The molecule has 0 unspecified atom stereocenters. The van der Waals surface area contributed by atoms with Crippen LogP contribution in [0.1, 0.15) is 5.82 Å². The van der Waals surface area contributed by atoms with Gasteiger partial charge in [0.25, 0.3) is 0 Å². The fourth-order valence-corrected chi connectivity index (χ4v) is 1.55. The van der Waals surface area contributed by atoms with Crippen LogP contribution < -0.4 is 0 Å². The molecule has 0 fully saturated rings. The van der Waals surface area contributed by atoms with E-state index < -0.39 is 0 Å². The quantitative estimate of drug-likeness (QED) is 0.766. The number of aliphatic hydroxyl groups is 1. The molecule has 0 aliphatic carbocycles. The molecule has 3 nitrogen and oxygen atoms in total. The smallest absolute Gasteiger partial charge is 0.140 e. The second kappa shape index (κ2) is 3.90. The molecule has 0 spiro atoms. The lowest BCUT2D eigenvalue weighted by Crippen LogP contribution is -1.99. The summed E-state index contributed by atoms with van der Waals surface area (Å²) in [6, 6.07) is 7.54. The number of aliphatic hydroxyl groups excluding tert-OH is 1. The van der Waals surface area contributed by atoms with Crippen LogP contribution in [0.25, 0.3) is 10.9 Å². The minimum absolute atomic E-state index is 0.0364. The molecular formula is C10H9ClN2O. The fourth-order valence-electron chi connectivity index (χ4n) is 1.29. The van der Waals surface area contributed by atoms with Gasteiger partial charge in [0.1, 0.15) is 11.0 Å². The minimum Gasteiger partial charge on any atom is -0.396 e. The number of hydrogen-bond donors (Lipinski definition) is 1. The Morgan fingerprint density at radius 2 is 2.00 bits per heavy atom. The van der Waals surface area contributed by atoms with Crippen molar-refractivity contribution in [2.24, 2.45) is 0 Å². The largest absolute Gasteiger partial charge is 0.396 e. The first-order valence-electron chi connectivity index (χ1n) is 4.33. The van der Waals surface area contributed by atoms with Gasteiger partial charge in [0.2, 0.25) is 0 Å². The lowest BCUT2D eigenvalue weighted by Gasteiger charge is -2.02. The third-order valence-corrected chi connectivity index (χ3v) is 2.23. The third-order valence-electron chi connectivity index (χ3n) is 1.94. The topological polar surface area (TPSA) is 46.0 Å². The van der Waals surface area contributed by atoms with E-state index in [9.17, 15) is 0 Å². The predicted molar refractivity (Wildman–Crippen MR) is 55.3 cm³/mol. The van der Waals surface area contributed by atoms with E-state index in [2.05, 4.69) is 9.97 Å². The first-order valence-corrected chi connectivity index (χ1v) is 4.71. The summed E-state index contributed by atoms with van der Waals surface area (Å²) in [5.74, 6) is 0.580. The van der Waals surface area contributed by atoms with Gasteiger partial charge in [-0.3, -0.25) is 0 Å². The number of nitrogens with zero attached hydrogens (tertiary/aromatic N) is 2. The average Bonchev–Trinajstić information content (AvgIpc) is 2.18. The van der Waals surface area contributed by atoms with Gasteiger partial charge in [-0.25, -0.2) is 9.97 Å². The number of benzene rings is 1. The first-order chi connectivity index (χ1) is 6.81. The number of rotatable bonds is 2. The molecule has 72 valence electrons. The maximum absolute atomic E-state index is 8.76. The van der Waals surface area contributed by atoms with E-state index in [1.54, 1.807) is 0 Å². The van der Waals surface area contributed by atoms with E-state index in [0.29, 0.717) is 17.4 Å². The highest BCUT2D eigenvalue weighted by Crippen LogP contribution is 2.19. The molecule has 1 aromatic carbocycles. The standard InChI is InChI=1S/C10H9ClN2O/c11-10-7-3-1-2-4-8(7)12-9(13-10)5-6-14/h1-4,14H,5-6H2. The van der Waals surface area contributed by atoms with Crippen molar-refractivity contribution in [2.45, 2.75) is 6.42 Å². The Morgan fingerprint density at radius 3 is 2.79 bits per heavy atom. The van der Waals surface area contributed by atoms with Gasteiger partial charge in [0.15, 0.2) is 0 Å². The van der Waals surface area contributed by atoms with Crippen LogP contribution in [-0.4, -0.2) is 21.7 Å². The number of halogens is 1. The number of fused-ring (bicyclic) bond motifs is 1. The molecular weight excluding hydrogens is 200 g/mol. The summed E-state index contributed by atoms with van der Waals surface area (Å²) in [6.07, 6.45) is 0.435. The monoisotopic (exact) mass is 208 g/mol. The average molecular weight is 209 g/mol. The zero-order chi connectivity index (χ0) is 9.97. The Hall–Kier alpha value is -1.19. The van der Waals surface area contributed by atoms with Crippen molar-refractivity contribution in [3.8, 4) is 0 Å². The van der Waals surface area contributed by atoms with Crippen molar-refractivity contribution in [2.75, 3.05) is 6.61 Å². The minimum atomic E-state index is 0.0364. The lowest BCUT2D eigenvalue weighted by molar-refractivity contribution is 0.297. The Bertz CT molecular complexity index is 459. The van der Waals surface area contributed by atoms with Crippen LogP contribution >= 0.6 is 11.6 Å². The summed E-state index contributed by atoms with van der Waals surface area (Å²) in [7, 11) is 0. The molecule has 0 bridgehead atoms. The first kappa shape index (κ1) is 9.37. The van der Waals surface area contributed by atoms with Gasteiger partial charge in [-0.05, 0) is 12.1 Å². The molecule has 0 aliphatic heterocycles. The Kier molecular flexibility index (Phi) is 2.61. The van der Waals surface area contributed by atoms with Gasteiger partial charge in [0.05, 0.1) is 12.1 Å². The maximum Gasteiger partial charge on any atom is 0.140 e. The summed E-state index contributed by atoms with van der Waals surface area (Å²) in [4.78, 5) is 8.36. The third kappa shape index (κ3) is 1.69. The SMILES string of the molecule is OCCc1nc(Cl)c2ccccc2n1. The highest BCUT2D eigenvalue weighted by Gasteiger charge is 2.04. The van der Waals surface area contributed by atoms with Gasteiger partial charge in [-0.15, -0.1) is 0 Å². The van der Waals surface area contributed by atoms with Crippen molar-refractivity contribution >= 4 is 22.5 Å². The number of hydrogen-bond acceptors (Lipinski definition) is 3. The molecule has 0 aliphatic rings. The van der Waals surface area contributed by atoms with Crippen LogP contribution in [0.4, 0.5) is 0 Å². The van der Waals surface area contributed by atoms with Crippen LogP contribution in [0.5, 0.6) is 0 Å². The van der Waals surface area contributed by atoms with Crippen molar-refractivity contribution in [1.29, 1.82) is 0 Å². The van der Waals surface area contributed by atoms with E-state index in [4.69, 9.17) is 16.7 Å². The van der Waals surface area contributed by atoms with Gasteiger partial charge < -0.3 is 5.11 Å². The molecule has 1 aromatic heterocycles. The maximum atomic E-state index is 8.76. The number of aromatic nitrogens is 2. The molecule has 0 amide bonds. The zero-order valence-corrected chi connectivity index (χ0v) is 8.20. The Labute approximate surface area is 86.4 Å². The van der Waals surface area contributed by atoms with Crippen LogP contribution in [0, 0.1) is 0 Å². The number of para-hydroxylation sites is 1. The Morgan fingerprint density at radius 1 is 1.21 bits per heavy atom. The molecule has 2 aromatic rings. The van der Waals surface area contributed by atoms with Gasteiger partial charge in [-0.1, -0.05) is 23.7 Å². The van der Waals surface area contributed by atoms with Crippen molar-refractivity contribution in [1.82, 2.24) is 9.97 Å². The van der Waals surface area contributed by atoms with Crippen molar-refractivity contribution < 1.29 is 5.11 Å². The second-order valence-corrected chi connectivity index (χ2v) is 3.28. The zero-order valence-electron chi connectivity index (χ0n) is 7.44. The highest BCUT2D eigenvalue weighted by atomic mass is 35.5. The molecule has 0 saturated carbocycles. The summed E-state index contributed by atoms with van der Waals surface area (Å²) in [5.41, 5.74) is 0.816. The summed E-state index contributed by atoms with van der Waals surface area (Å²) < 4.78 is 0. The lowest BCUT2D eigenvalue weighted by atomic mass is 10.2. The normalized spacial score (nSPS) is 10.7. The van der Waals surface area contributed by atoms with E-state index in [-0.39, 0.29) is 6.61 Å². The summed E-state index contributed by atoms with van der Waals surface area (Å²) in [6.45, 7) is 0.0364. The summed E-state index contributed by atoms with van der Waals surface area (Å²) in [5, 5.41) is 10.0. The molecule has 0 atom stereocenters. The Balaban J connectivity index is 2.60. The van der Waals surface area contributed by atoms with Gasteiger partial charge in [0, 0.05) is 11.8 Å². The van der Waals surface area contributed by atoms with Crippen molar-refractivity contribution in [3.05, 3.63) is 35.2 Å². The fraction of sp³-hybridized carbons (Fsp3) is 0.200. The molecule has 0 saturated heterocycles. The predicted octanol–water partition coefficient (Wildman–Crippen LogP) is 1.82. The molecule has 1 heterocycles. The molecule has 4 heteroatoms. The van der Waals surface area contributed by atoms with Gasteiger partial charge >= 0.3 is 0 Å². The molecule has 1 N–H and O–H groups in total. The van der Waals surface area contributed by atoms with E-state index in [1.165, 1.54) is 0 Å². The molecule has 14 heavy (non-hydrogen) atoms.